The van der Waals surface area contributed by atoms with E-state index in [0.29, 0.717) is 12.8 Å². The number of rotatable bonds is 9. The van der Waals surface area contributed by atoms with Crippen molar-refractivity contribution < 1.29 is 24.2 Å². The van der Waals surface area contributed by atoms with Crippen molar-refractivity contribution in [1.82, 2.24) is 10.2 Å². The number of carbonyl (C=O) groups is 3. The Kier molecular flexibility index (Phi) is 7.96. The predicted octanol–water partition coefficient (Wildman–Crippen LogP) is 5.73. The maximum Gasteiger partial charge on any atom is 0.408 e. The van der Waals surface area contributed by atoms with Gasteiger partial charge in [0.25, 0.3) is 0 Å². The van der Waals surface area contributed by atoms with Crippen molar-refractivity contribution in [2.75, 3.05) is 13.2 Å². The summed E-state index contributed by atoms with van der Waals surface area (Å²) in [6, 6.07) is 25.8. The maximum absolute atomic E-state index is 14.0. The van der Waals surface area contributed by atoms with Gasteiger partial charge in [0, 0.05) is 19.0 Å². The first kappa shape index (κ1) is 26.5. The zero-order chi connectivity index (χ0) is 27.2. The molecule has 202 valence electrons. The Morgan fingerprint density at radius 3 is 2.05 bits per heavy atom. The quantitative estimate of drug-likeness (QED) is 0.371. The second-order valence-corrected chi connectivity index (χ2v) is 10.4. The Morgan fingerprint density at radius 2 is 1.44 bits per heavy atom. The van der Waals surface area contributed by atoms with Crippen LogP contribution in [0.2, 0.25) is 0 Å². The molecule has 2 amide bonds. The van der Waals surface area contributed by atoms with Crippen LogP contribution in [0.15, 0.2) is 78.9 Å². The minimum absolute atomic E-state index is 0.0666. The first-order chi connectivity index (χ1) is 19.0. The molecular formula is C32H34N2O5. The Hall–Kier alpha value is -4.13. The molecule has 0 radical (unpaired) electrons. The van der Waals surface area contributed by atoms with Gasteiger partial charge in [-0.3, -0.25) is 9.59 Å². The lowest BCUT2D eigenvalue weighted by Crippen LogP contribution is -2.60. The largest absolute Gasteiger partial charge is 0.481 e. The minimum Gasteiger partial charge on any atom is -0.481 e. The topological polar surface area (TPSA) is 95.9 Å². The van der Waals surface area contributed by atoms with Crippen LogP contribution in [0, 0.1) is 0 Å². The van der Waals surface area contributed by atoms with Crippen LogP contribution in [0.4, 0.5) is 4.79 Å². The molecule has 1 fully saturated rings. The summed E-state index contributed by atoms with van der Waals surface area (Å²) in [5.74, 6) is -1.30. The number of benzene rings is 3. The summed E-state index contributed by atoms with van der Waals surface area (Å²) in [6.07, 6.45) is 2.78. The van der Waals surface area contributed by atoms with E-state index in [4.69, 9.17) is 4.74 Å². The van der Waals surface area contributed by atoms with Crippen molar-refractivity contribution in [3.05, 3.63) is 95.6 Å². The van der Waals surface area contributed by atoms with Crippen LogP contribution in [0.25, 0.3) is 11.1 Å². The van der Waals surface area contributed by atoms with Crippen molar-refractivity contribution in [3.63, 3.8) is 0 Å². The number of amides is 2. The van der Waals surface area contributed by atoms with Gasteiger partial charge in [-0.1, -0.05) is 98.1 Å². The average Bonchev–Trinajstić information content (AvgIpc) is 3.28. The van der Waals surface area contributed by atoms with E-state index in [1.165, 1.54) is 0 Å². The van der Waals surface area contributed by atoms with Gasteiger partial charge < -0.3 is 20.1 Å². The van der Waals surface area contributed by atoms with Crippen molar-refractivity contribution in [1.29, 1.82) is 0 Å². The normalized spacial score (nSPS) is 15.6. The molecule has 0 aliphatic heterocycles. The third-order valence-corrected chi connectivity index (χ3v) is 7.90. The Morgan fingerprint density at radius 1 is 0.846 bits per heavy atom. The number of nitrogens with zero attached hydrogens (tertiary/aromatic N) is 1. The van der Waals surface area contributed by atoms with Crippen LogP contribution >= 0.6 is 0 Å². The third-order valence-electron chi connectivity index (χ3n) is 7.90. The van der Waals surface area contributed by atoms with Crippen LogP contribution in [0.1, 0.15) is 61.1 Å². The molecule has 0 unspecified atom stereocenters. The van der Waals surface area contributed by atoms with Gasteiger partial charge >= 0.3 is 12.1 Å². The fraction of sp³-hybridized carbons (Fsp3) is 0.344. The molecule has 0 atom stereocenters. The van der Waals surface area contributed by atoms with Gasteiger partial charge in [0.2, 0.25) is 5.91 Å². The highest BCUT2D eigenvalue weighted by Crippen LogP contribution is 2.44. The number of alkyl carbamates (subject to hydrolysis) is 1. The number of hydrogen-bond donors (Lipinski definition) is 2. The zero-order valence-corrected chi connectivity index (χ0v) is 22.0. The minimum atomic E-state index is -1.12. The summed E-state index contributed by atoms with van der Waals surface area (Å²) in [5.41, 5.74) is 4.33. The molecule has 0 heterocycles. The van der Waals surface area contributed by atoms with Crippen molar-refractivity contribution in [2.24, 2.45) is 0 Å². The Balaban J connectivity index is 1.32. The Labute approximate surface area is 228 Å². The summed E-state index contributed by atoms with van der Waals surface area (Å²) in [4.78, 5) is 40.2. The molecule has 7 heteroatoms. The van der Waals surface area contributed by atoms with Crippen LogP contribution in [0.5, 0.6) is 0 Å². The molecular weight excluding hydrogens is 492 g/mol. The van der Waals surface area contributed by atoms with Gasteiger partial charge in [0.05, 0.1) is 6.42 Å². The number of hydrogen-bond acceptors (Lipinski definition) is 4. The number of carbonyl (C=O) groups excluding carboxylic acids is 2. The van der Waals surface area contributed by atoms with Gasteiger partial charge in [-0.25, -0.2) is 4.79 Å². The number of fused-ring (bicyclic) bond motifs is 3. The molecule has 5 rings (SSSR count). The monoisotopic (exact) mass is 526 g/mol. The molecule has 39 heavy (non-hydrogen) atoms. The van der Waals surface area contributed by atoms with E-state index in [2.05, 4.69) is 29.6 Å². The molecule has 2 aliphatic carbocycles. The lowest BCUT2D eigenvalue weighted by molar-refractivity contribution is -0.142. The molecule has 0 aromatic heterocycles. The van der Waals surface area contributed by atoms with E-state index in [0.717, 1.165) is 47.1 Å². The number of nitrogens with one attached hydrogen (secondary N) is 1. The summed E-state index contributed by atoms with van der Waals surface area (Å²) < 4.78 is 5.80. The van der Waals surface area contributed by atoms with E-state index < -0.39 is 17.6 Å². The first-order valence-electron chi connectivity index (χ1n) is 13.7. The predicted molar refractivity (Wildman–Crippen MR) is 148 cm³/mol. The highest BCUT2D eigenvalue weighted by molar-refractivity contribution is 5.90. The Bertz CT molecular complexity index is 1290. The van der Waals surface area contributed by atoms with Gasteiger partial charge in [-0.2, -0.15) is 0 Å². The van der Waals surface area contributed by atoms with Crippen LogP contribution in [-0.4, -0.2) is 46.7 Å². The molecule has 7 nitrogen and oxygen atoms in total. The number of ether oxygens (including phenoxy) is 1. The van der Waals surface area contributed by atoms with Crippen LogP contribution in [-0.2, 0) is 20.9 Å². The molecule has 1 saturated carbocycles. The lowest BCUT2D eigenvalue weighted by atomic mass is 9.80. The third kappa shape index (κ3) is 5.82. The summed E-state index contributed by atoms with van der Waals surface area (Å²) >= 11 is 0. The fourth-order valence-electron chi connectivity index (χ4n) is 5.97. The van der Waals surface area contributed by atoms with E-state index in [9.17, 15) is 19.5 Å². The van der Waals surface area contributed by atoms with Crippen LogP contribution < -0.4 is 5.32 Å². The van der Waals surface area contributed by atoms with Crippen molar-refractivity contribution in [3.8, 4) is 11.1 Å². The van der Waals surface area contributed by atoms with E-state index in [-0.39, 0.29) is 37.9 Å². The standard InChI is InChI=1S/C32H34N2O5/c35-29(36)17-20-34(21-23-11-3-1-4-12-23)30(37)32(18-9-2-10-19-32)33-31(38)39-22-28-26-15-7-5-13-24(26)25-14-6-8-16-27(25)28/h1,3-8,11-16,28H,2,9-10,17-22H2,(H,33,38)(H,35,36). The molecule has 2 N–H and O–H groups in total. The van der Waals surface area contributed by atoms with Gasteiger partial charge in [0.15, 0.2) is 0 Å². The van der Waals surface area contributed by atoms with Gasteiger partial charge in [0.1, 0.15) is 12.1 Å². The molecule has 0 saturated heterocycles. The second kappa shape index (κ2) is 11.7. The van der Waals surface area contributed by atoms with Crippen molar-refractivity contribution >= 4 is 18.0 Å². The zero-order valence-electron chi connectivity index (χ0n) is 22.0. The number of carboxylic acid groups (broad SMARTS) is 1. The van der Waals surface area contributed by atoms with E-state index in [1.807, 2.05) is 54.6 Å². The average molecular weight is 527 g/mol. The maximum atomic E-state index is 14.0. The number of carboxylic acids is 1. The highest BCUT2D eigenvalue weighted by atomic mass is 16.5. The number of aliphatic carboxylic acids is 1. The highest BCUT2D eigenvalue weighted by Gasteiger charge is 2.44. The molecule has 2 aliphatic rings. The van der Waals surface area contributed by atoms with Gasteiger partial charge in [-0.05, 0) is 40.7 Å². The fourth-order valence-corrected chi connectivity index (χ4v) is 5.97. The second-order valence-electron chi connectivity index (χ2n) is 10.4. The summed E-state index contributed by atoms with van der Waals surface area (Å²) in [7, 11) is 0. The lowest BCUT2D eigenvalue weighted by Gasteiger charge is -2.40. The van der Waals surface area contributed by atoms with E-state index in [1.54, 1.807) is 4.90 Å². The molecule has 3 aromatic rings. The molecule has 0 bridgehead atoms. The molecule has 0 spiro atoms. The van der Waals surface area contributed by atoms with Crippen LogP contribution in [0.3, 0.4) is 0 Å². The smallest absolute Gasteiger partial charge is 0.408 e. The molecule has 3 aromatic carbocycles. The van der Waals surface area contributed by atoms with Gasteiger partial charge in [-0.15, -0.1) is 0 Å². The van der Waals surface area contributed by atoms with Crippen molar-refractivity contribution in [2.45, 2.75) is 56.5 Å². The van der Waals surface area contributed by atoms with E-state index >= 15 is 0 Å². The first-order valence-corrected chi connectivity index (χ1v) is 13.7. The SMILES string of the molecule is O=C(O)CCN(Cc1ccccc1)C(=O)C1(NC(=O)OCC2c3ccccc3-c3ccccc32)CCCCC1. The summed E-state index contributed by atoms with van der Waals surface area (Å²) in [6.45, 7) is 0.509. The summed E-state index contributed by atoms with van der Waals surface area (Å²) in [5, 5.41) is 12.3.